The molecule has 1 aromatic rings. The molecule has 1 heterocycles. The smallest absolute Gasteiger partial charge is 0.239 e. The third kappa shape index (κ3) is 2.72. The van der Waals surface area contributed by atoms with Gasteiger partial charge in [-0.05, 0) is 44.5 Å². The quantitative estimate of drug-likeness (QED) is 0.832. The lowest BCUT2D eigenvalue weighted by Gasteiger charge is -2.40. The number of nitrogens with one attached hydrogen (secondary N) is 1. The predicted molar refractivity (Wildman–Crippen MR) is 70.6 cm³/mol. The Hall–Kier alpha value is -1.22. The normalized spacial score (nSPS) is 19.1. The van der Waals surface area contributed by atoms with Gasteiger partial charge in [0.05, 0.1) is 12.1 Å². The van der Waals surface area contributed by atoms with Crippen LogP contribution in [0.4, 0.5) is 5.69 Å². The van der Waals surface area contributed by atoms with Gasteiger partial charge in [0.1, 0.15) is 0 Å². The zero-order valence-electron chi connectivity index (χ0n) is 10.4. The number of amides is 1. The molecule has 17 heavy (non-hydrogen) atoms. The lowest BCUT2D eigenvalue weighted by molar-refractivity contribution is -0.122. The average molecular weight is 253 g/mol. The number of hydrogen-bond acceptors (Lipinski definition) is 2. The van der Waals surface area contributed by atoms with Gasteiger partial charge in [-0.2, -0.15) is 0 Å². The van der Waals surface area contributed by atoms with Crippen LogP contribution in [0.15, 0.2) is 18.2 Å². The summed E-state index contributed by atoms with van der Waals surface area (Å²) in [5.41, 5.74) is 1.99. The Labute approximate surface area is 107 Å². The summed E-state index contributed by atoms with van der Waals surface area (Å²) >= 11 is 5.94. The summed E-state index contributed by atoms with van der Waals surface area (Å²) in [6.07, 6.45) is 0. The molecule has 1 aromatic carbocycles. The van der Waals surface area contributed by atoms with Crippen LogP contribution in [-0.2, 0) is 4.79 Å². The van der Waals surface area contributed by atoms with Gasteiger partial charge in [-0.3, -0.25) is 4.79 Å². The molecule has 1 amide bonds. The van der Waals surface area contributed by atoms with E-state index in [1.807, 2.05) is 39.0 Å². The van der Waals surface area contributed by atoms with E-state index in [1.54, 1.807) is 0 Å². The molecule has 2 rings (SSSR count). The SMILES string of the molecule is Cc1cc(Cl)ccc1N1CC(=O)NC(C)(C)C1. The summed E-state index contributed by atoms with van der Waals surface area (Å²) in [5.74, 6) is 0.0654. The third-order valence-corrected chi connectivity index (χ3v) is 3.13. The van der Waals surface area contributed by atoms with Crippen LogP contribution in [-0.4, -0.2) is 24.5 Å². The molecule has 0 aliphatic carbocycles. The summed E-state index contributed by atoms with van der Waals surface area (Å²) in [6, 6.07) is 5.77. The molecule has 92 valence electrons. The van der Waals surface area contributed by atoms with Crippen LogP contribution in [0.3, 0.4) is 0 Å². The zero-order chi connectivity index (χ0) is 12.6. The standard InChI is InChI=1S/C13H17ClN2O/c1-9-6-10(14)4-5-11(9)16-7-12(17)15-13(2,3)8-16/h4-6H,7-8H2,1-3H3,(H,15,17). The van der Waals surface area contributed by atoms with E-state index in [9.17, 15) is 4.79 Å². The molecule has 0 atom stereocenters. The Kier molecular flexibility index (Phi) is 3.04. The number of rotatable bonds is 1. The van der Waals surface area contributed by atoms with E-state index in [0.717, 1.165) is 22.8 Å². The molecular formula is C13H17ClN2O. The molecule has 1 aliphatic heterocycles. The number of carbonyl (C=O) groups is 1. The van der Waals surface area contributed by atoms with Crippen LogP contribution in [0.1, 0.15) is 19.4 Å². The Morgan fingerprint density at radius 1 is 1.41 bits per heavy atom. The maximum absolute atomic E-state index is 11.7. The molecule has 1 aliphatic rings. The molecule has 0 radical (unpaired) electrons. The average Bonchev–Trinajstić information content (AvgIpc) is 2.13. The van der Waals surface area contributed by atoms with E-state index in [4.69, 9.17) is 11.6 Å². The predicted octanol–water partition coefficient (Wildman–Crippen LogP) is 2.36. The maximum atomic E-state index is 11.7. The van der Waals surface area contributed by atoms with Crippen molar-refractivity contribution in [3.8, 4) is 0 Å². The number of carbonyl (C=O) groups excluding carboxylic acids is 1. The number of nitrogens with zero attached hydrogens (tertiary/aromatic N) is 1. The Morgan fingerprint density at radius 3 is 2.71 bits per heavy atom. The topological polar surface area (TPSA) is 32.3 Å². The molecule has 4 heteroatoms. The van der Waals surface area contributed by atoms with Crippen molar-refractivity contribution in [2.45, 2.75) is 26.3 Å². The van der Waals surface area contributed by atoms with Crippen LogP contribution in [0.5, 0.6) is 0 Å². The summed E-state index contributed by atoms with van der Waals surface area (Å²) < 4.78 is 0. The van der Waals surface area contributed by atoms with Crippen molar-refractivity contribution in [1.82, 2.24) is 5.32 Å². The summed E-state index contributed by atoms with van der Waals surface area (Å²) in [6.45, 7) is 7.29. The Morgan fingerprint density at radius 2 is 2.12 bits per heavy atom. The van der Waals surface area contributed by atoms with Crippen LogP contribution < -0.4 is 10.2 Å². The van der Waals surface area contributed by atoms with Crippen LogP contribution >= 0.6 is 11.6 Å². The highest BCUT2D eigenvalue weighted by Crippen LogP contribution is 2.26. The molecule has 0 unspecified atom stereocenters. The first-order valence-electron chi connectivity index (χ1n) is 5.69. The molecule has 1 fully saturated rings. The van der Waals surface area contributed by atoms with E-state index in [-0.39, 0.29) is 11.4 Å². The lowest BCUT2D eigenvalue weighted by Crippen LogP contribution is -2.60. The molecule has 0 aromatic heterocycles. The number of halogens is 1. The summed E-state index contributed by atoms with van der Waals surface area (Å²) in [7, 11) is 0. The van der Waals surface area contributed by atoms with Crippen molar-refractivity contribution in [1.29, 1.82) is 0 Å². The second-order valence-electron chi connectivity index (χ2n) is 5.22. The van der Waals surface area contributed by atoms with Crippen molar-refractivity contribution in [3.63, 3.8) is 0 Å². The van der Waals surface area contributed by atoms with Crippen molar-refractivity contribution in [2.75, 3.05) is 18.0 Å². The molecule has 0 spiro atoms. The van der Waals surface area contributed by atoms with Crippen LogP contribution in [0.25, 0.3) is 0 Å². The van der Waals surface area contributed by atoms with Crippen molar-refractivity contribution in [3.05, 3.63) is 28.8 Å². The van der Waals surface area contributed by atoms with Gasteiger partial charge in [0.15, 0.2) is 0 Å². The van der Waals surface area contributed by atoms with E-state index in [1.165, 1.54) is 0 Å². The van der Waals surface area contributed by atoms with Gasteiger partial charge >= 0.3 is 0 Å². The molecule has 3 nitrogen and oxygen atoms in total. The Bertz CT molecular complexity index is 457. The van der Waals surface area contributed by atoms with E-state index < -0.39 is 0 Å². The first-order valence-corrected chi connectivity index (χ1v) is 6.07. The number of hydrogen-bond donors (Lipinski definition) is 1. The van der Waals surface area contributed by atoms with E-state index >= 15 is 0 Å². The molecule has 0 bridgehead atoms. The molecule has 0 saturated carbocycles. The zero-order valence-corrected chi connectivity index (χ0v) is 11.1. The van der Waals surface area contributed by atoms with Crippen LogP contribution in [0, 0.1) is 6.92 Å². The first kappa shape index (κ1) is 12.2. The number of anilines is 1. The highest BCUT2D eigenvalue weighted by Gasteiger charge is 2.30. The fourth-order valence-electron chi connectivity index (χ4n) is 2.31. The third-order valence-electron chi connectivity index (χ3n) is 2.90. The van der Waals surface area contributed by atoms with Gasteiger partial charge in [-0.15, -0.1) is 0 Å². The lowest BCUT2D eigenvalue weighted by atomic mass is 10.0. The highest BCUT2D eigenvalue weighted by atomic mass is 35.5. The monoisotopic (exact) mass is 252 g/mol. The van der Waals surface area contributed by atoms with E-state index in [0.29, 0.717) is 6.54 Å². The van der Waals surface area contributed by atoms with E-state index in [2.05, 4.69) is 10.2 Å². The second kappa shape index (κ2) is 4.22. The van der Waals surface area contributed by atoms with Crippen molar-refractivity contribution < 1.29 is 4.79 Å². The van der Waals surface area contributed by atoms with Crippen LogP contribution in [0.2, 0.25) is 5.02 Å². The molecule has 1 saturated heterocycles. The van der Waals surface area contributed by atoms with Crippen molar-refractivity contribution in [2.24, 2.45) is 0 Å². The fourth-order valence-corrected chi connectivity index (χ4v) is 2.53. The van der Waals surface area contributed by atoms with Gasteiger partial charge in [-0.25, -0.2) is 0 Å². The molecular weight excluding hydrogens is 236 g/mol. The number of aryl methyl sites for hydroxylation is 1. The first-order chi connectivity index (χ1) is 7.87. The summed E-state index contributed by atoms with van der Waals surface area (Å²) in [4.78, 5) is 13.8. The summed E-state index contributed by atoms with van der Waals surface area (Å²) in [5, 5.41) is 3.71. The Balaban J connectivity index is 2.30. The largest absolute Gasteiger partial charge is 0.360 e. The number of piperazine rings is 1. The highest BCUT2D eigenvalue weighted by molar-refractivity contribution is 6.30. The van der Waals surface area contributed by atoms with Gasteiger partial charge < -0.3 is 10.2 Å². The molecule has 1 N–H and O–H groups in total. The minimum absolute atomic E-state index is 0.0654. The van der Waals surface area contributed by atoms with Gasteiger partial charge in [0.2, 0.25) is 5.91 Å². The van der Waals surface area contributed by atoms with Crippen molar-refractivity contribution >= 4 is 23.2 Å². The maximum Gasteiger partial charge on any atom is 0.239 e. The second-order valence-corrected chi connectivity index (χ2v) is 5.66. The fraction of sp³-hybridized carbons (Fsp3) is 0.462. The van der Waals surface area contributed by atoms with Gasteiger partial charge in [0, 0.05) is 17.3 Å². The minimum Gasteiger partial charge on any atom is -0.360 e. The van der Waals surface area contributed by atoms with Gasteiger partial charge in [0.25, 0.3) is 0 Å². The minimum atomic E-state index is -0.193. The van der Waals surface area contributed by atoms with Gasteiger partial charge in [-0.1, -0.05) is 11.6 Å². The number of benzene rings is 1.